The Labute approximate surface area is 214 Å². The molecule has 2 aliphatic rings. The Hall–Kier alpha value is -2.40. The van der Waals surface area contributed by atoms with Crippen LogP contribution in [0.2, 0.25) is 5.02 Å². The van der Waals surface area contributed by atoms with Crippen LogP contribution in [0.25, 0.3) is 11.1 Å². The van der Waals surface area contributed by atoms with Gasteiger partial charge in [-0.25, -0.2) is 0 Å². The van der Waals surface area contributed by atoms with Gasteiger partial charge in [-0.3, -0.25) is 4.98 Å². The third-order valence-corrected chi connectivity index (χ3v) is 7.80. The summed E-state index contributed by atoms with van der Waals surface area (Å²) in [5.41, 5.74) is 11.7. The van der Waals surface area contributed by atoms with Crippen molar-refractivity contribution in [3.63, 3.8) is 0 Å². The van der Waals surface area contributed by atoms with Crippen molar-refractivity contribution in [2.45, 2.75) is 76.0 Å². The molecule has 5 heteroatoms. The lowest BCUT2D eigenvalue weighted by molar-refractivity contribution is 0.304. The quantitative estimate of drug-likeness (QED) is 0.270. The van der Waals surface area contributed by atoms with Crippen LogP contribution in [0.4, 0.5) is 0 Å². The minimum Gasteiger partial charge on any atom is -0.490 e. The first-order valence-corrected chi connectivity index (χ1v) is 13.4. The number of nitrogens with zero attached hydrogens (tertiary/aromatic N) is 1. The highest BCUT2D eigenvalue weighted by Gasteiger charge is 2.45. The van der Waals surface area contributed by atoms with Crippen LogP contribution < -0.4 is 15.8 Å². The predicted octanol–water partition coefficient (Wildman–Crippen LogP) is 6.95. The van der Waals surface area contributed by atoms with Crippen LogP contribution in [-0.4, -0.2) is 17.6 Å². The summed E-state index contributed by atoms with van der Waals surface area (Å²) in [5.74, 6) is 1.47. The van der Waals surface area contributed by atoms with Gasteiger partial charge in [-0.2, -0.15) is 0 Å². The van der Waals surface area contributed by atoms with Crippen molar-refractivity contribution in [3.05, 3.63) is 82.6 Å². The molecule has 5 rings (SSSR count). The monoisotopic (exact) mass is 489 g/mol. The molecule has 1 atom stereocenters. The molecule has 3 N–H and O–H groups in total. The van der Waals surface area contributed by atoms with Crippen molar-refractivity contribution in [2.24, 2.45) is 5.73 Å². The van der Waals surface area contributed by atoms with Crippen LogP contribution in [0.15, 0.2) is 60.9 Å². The number of benzene rings is 2. The van der Waals surface area contributed by atoms with Crippen molar-refractivity contribution in [3.8, 4) is 16.9 Å². The first-order valence-electron chi connectivity index (χ1n) is 13.0. The summed E-state index contributed by atoms with van der Waals surface area (Å²) in [7, 11) is 0. The molecule has 2 aliphatic carbocycles. The number of hydrogen-bond acceptors (Lipinski definition) is 4. The SMILES string of the molecule is CC(CCCCN)c1ccc(Cl)c(CNC2(c3cnccc3-c3ccccc3OC3CC3)CC2)c1. The van der Waals surface area contributed by atoms with E-state index in [4.69, 9.17) is 22.1 Å². The Bertz CT molecular complexity index is 1160. The summed E-state index contributed by atoms with van der Waals surface area (Å²) in [6.07, 6.45) is 12.1. The Morgan fingerprint density at radius 3 is 2.71 bits per heavy atom. The fourth-order valence-corrected chi connectivity index (χ4v) is 5.08. The van der Waals surface area contributed by atoms with E-state index >= 15 is 0 Å². The van der Waals surface area contributed by atoms with Gasteiger partial charge in [-0.15, -0.1) is 0 Å². The normalized spacial score (nSPS) is 17.2. The van der Waals surface area contributed by atoms with Crippen molar-refractivity contribution in [2.75, 3.05) is 6.54 Å². The van der Waals surface area contributed by atoms with Crippen molar-refractivity contribution in [1.29, 1.82) is 0 Å². The highest BCUT2D eigenvalue weighted by molar-refractivity contribution is 6.31. The van der Waals surface area contributed by atoms with E-state index in [1.807, 2.05) is 18.5 Å². The van der Waals surface area contributed by atoms with Gasteiger partial charge in [0.25, 0.3) is 0 Å². The van der Waals surface area contributed by atoms with Crippen molar-refractivity contribution < 1.29 is 4.74 Å². The van der Waals surface area contributed by atoms with Gasteiger partial charge in [0, 0.05) is 35.1 Å². The molecule has 1 unspecified atom stereocenters. The van der Waals surface area contributed by atoms with Crippen LogP contribution in [-0.2, 0) is 12.1 Å². The molecule has 0 radical (unpaired) electrons. The highest BCUT2D eigenvalue weighted by atomic mass is 35.5. The summed E-state index contributed by atoms with van der Waals surface area (Å²) in [4.78, 5) is 4.51. The van der Waals surface area contributed by atoms with Gasteiger partial charge in [0.2, 0.25) is 0 Å². The Balaban J connectivity index is 1.35. The first-order chi connectivity index (χ1) is 17.1. The lowest BCUT2D eigenvalue weighted by atomic mass is 9.93. The van der Waals surface area contributed by atoms with Crippen molar-refractivity contribution in [1.82, 2.24) is 10.3 Å². The number of unbranched alkanes of at least 4 members (excludes halogenated alkanes) is 1. The smallest absolute Gasteiger partial charge is 0.127 e. The number of ether oxygens (including phenoxy) is 1. The number of rotatable bonds is 12. The molecule has 2 saturated carbocycles. The molecular weight excluding hydrogens is 454 g/mol. The van der Waals surface area contributed by atoms with Gasteiger partial charge in [0.15, 0.2) is 0 Å². The third-order valence-electron chi connectivity index (χ3n) is 7.43. The van der Waals surface area contributed by atoms with E-state index in [1.54, 1.807) is 0 Å². The molecule has 2 fully saturated rings. The fourth-order valence-electron chi connectivity index (χ4n) is 4.90. The van der Waals surface area contributed by atoms with E-state index < -0.39 is 0 Å². The summed E-state index contributed by atoms with van der Waals surface area (Å²) >= 11 is 6.64. The second-order valence-electron chi connectivity index (χ2n) is 10.2. The molecule has 0 spiro atoms. The van der Waals surface area contributed by atoms with Gasteiger partial charge in [0.05, 0.1) is 6.10 Å². The Morgan fingerprint density at radius 1 is 1.11 bits per heavy atom. The number of nitrogens with two attached hydrogens (primary N) is 1. The number of pyridine rings is 1. The molecule has 0 aliphatic heterocycles. The summed E-state index contributed by atoms with van der Waals surface area (Å²) in [6.45, 7) is 3.79. The summed E-state index contributed by atoms with van der Waals surface area (Å²) < 4.78 is 6.25. The Morgan fingerprint density at radius 2 is 1.94 bits per heavy atom. The van der Waals surface area contributed by atoms with Gasteiger partial charge < -0.3 is 15.8 Å². The molecule has 35 heavy (non-hydrogen) atoms. The molecule has 0 bridgehead atoms. The van der Waals surface area contributed by atoms with Crippen LogP contribution in [0.3, 0.4) is 0 Å². The molecule has 0 amide bonds. The number of hydrogen-bond donors (Lipinski definition) is 2. The van der Waals surface area contributed by atoms with E-state index in [2.05, 4.69) is 59.7 Å². The number of para-hydroxylation sites is 1. The lowest BCUT2D eigenvalue weighted by Gasteiger charge is -2.23. The standard InChI is InChI=1S/C30H36ClN3O/c1-21(6-4-5-16-32)22-9-12-28(31)23(18-22)19-34-30(14-15-30)27-20-33-17-13-25(27)26-7-2-3-8-29(26)35-24-10-11-24/h2-3,7-9,12-13,17-18,20-21,24,34H,4-6,10-11,14-16,19,32H2,1H3. The van der Waals surface area contributed by atoms with Gasteiger partial charge >= 0.3 is 0 Å². The van der Waals surface area contributed by atoms with E-state index in [-0.39, 0.29) is 5.54 Å². The topological polar surface area (TPSA) is 60.2 Å². The molecule has 0 saturated heterocycles. The molecule has 2 aromatic carbocycles. The number of aromatic nitrogens is 1. The second kappa shape index (κ2) is 10.7. The predicted molar refractivity (Wildman–Crippen MR) is 144 cm³/mol. The minimum atomic E-state index is -0.0810. The van der Waals surface area contributed by atoms with Crippen molar-refractivity contribution >= 4 is 11.6 Å². The fraction of sp³-hybridized carbons (Fsp3) is 0.433. The minimum absolute atomic E-state index is 0.0810. The van der Waals surface area contributed by atoms with E-state index in [0.717, 1.165) is 79.9 Å². The molecule has 1 aromatic heterocycles. The van der Waals surface area contributed by atoms with E-state index in [9.17, 15) is 0 Å². The molecule has 4 nitrogen and oxygen atoms in total. The average molecular weight is 490 g/mol. The zero-order chi connectivity index (χ0) is 24.3. The maximum Gasteiger partial charge on any atom is 0.127 e. The van der Waals surface area contributed by atoms with Crippen LogP contribution in [0.5, 0.6) is 5.75 Å². The zero-order valence-corrected chi connectivity index (χ0v) is 21.4. The van der Waals surface area contributed by atoms with Gasteiger partial charge in [-0.05, 0) is 91.4 Å². The highest BCUT2D eigenvalue weighted by Crippen LogP contribution is 2.50. The summed E-state index contributed by atoms with van der Waals surface area (Å²) in [6, 6.07) is 17.0. The average Bonchev–Trinajstić information content (AvgIpc) is 3.81. The van der Waals surface area contributed by atoms with Gasteiger partial charge in [0.1, 0.15) is 5.75 Å². The maximum atomic E-state index is 6.64. The zero-order valence-electron chi connectivity index (χ0n) is 20.6. The largest absolute Gasteiger partial charge is 0.490 e. The number of nitrogens with one attached hydrogen (secondary N) is 1. The van der Waals surface area contributed by atoms with Crippen LogP contribution >= 0.6 is 11.6 Å². The maximum absolute atomic E-state index is 6.64. The summed E-state index contributed by atoms with van der Waals surface area (Å²) in [5, 5.41) is 4.68. The first kappa shape index (κ1) is 24.3. The third kappa shape index (κ3) is 5.72. The van der Waals surface area contributed by atoms with Crippen LogP contribution in [0, 0.1) is 0 Å². The molecule has 1 heterocycles. The Kier molecular flexibility index (Phi) is 7.43. The molecular formula is C30H36ClN3O. The second-order valence-corrected chi connectivity index (χ2v) is 10.6. The van der Waals surface area contributed by atoms with Crippen LogP contribution in [0.1, 0.15) is 74.5 Å². The number of halogens is 1. The van der Waals surface area contributed by atoms with E-state index in [1.165, 1.54) is 16.7 Å². The van der Waals surface area contributed by atoms with Gasteiger partial charge in [-0.1, -0.05) is 55.3 Å². The molecule has 184 valence electrons. The van der Waals surface area contributed by atoms with E-state index in [0.29, 0.717) is 12.0 Å². The molecule has 3 aromatic rings. The lowest BCUT2D eigenvalue weighted by Crippen LogP contribution is -2.29.